The van der Waals surface area contributed by atoms with Gasteiger partial charge >= 0.3 is 5.97 Å². The number of hydrogen-bond donors (Lipinski definition) is 1. The van der Waals surface area contributed by atoms with Gasteiger partial charge in [0, 0.05) is 0 Å². The highest BCUT2D eigenvalue weighted by Gasteiger charge is 2.16. The van der Waals surface area contributed by atoms with Crippen molar-refractivity contribution < 1.29 is 18.7 Å². The van der Waals surface area contributed by atoms with E-state index in [4.69, 9.17) is 9.15 Å². The fourth-order valence-electron chi connectivity index (χ4n) is 1.78. The Morgan fingerprint density at radius 2 is 1.96 bits per heavy atom. The first-order valence-electron chi connectivity index (χ1n) is 7.27. The predicted octanol–water partition coefficient (Wildman–Crippen LogP) is 3.34. The molecule has 122 valence electrons. The number of hydrogen-bond acceptors (Lipinski definition) is 4. The molecule has 1 aromatic heterocycles. The Labute approximate surface area is 139 Å². The van der Waals surface area contributed by atoms with Crippen LogP contribution in [0.1, 0.15) is 16.1 Å². The average Bonchev–Trinajstić information content (AvgIpc) is 3.14. The van der Waals surface area contributed by atoms with Gasteiger partial charge in [0.25, 0.3) is 5.91 Å². The van der Waals surface area contributed by atoms with Gasteiger partial charge in [0.1, 0.15) is 12.3 Å². The van der Waals surface area contributed by atoms with E-state index in [1.165, 1.54) is 24.5 Å². The van der Waals surface area contributed by atoms with Gasteiger partial charge in [0.05, 0.1) is 6.26 Å². The summed E-state index contributed by atoms with van der Waals surface area (Å²) in [5.74, 6) is -1.09. The highest BCUT2D eigenvalue weighted by molar-refractivity contribution is 5.99. The van der Waals surface area contributed by atoms with Crippen LogP contribution in [-0.2, 0) is 9.53 Å². The zero-order chi connectivity index (χ0) is 17.2. The van der Waals surface area contributed by atoms with Crippen molar-refractivity contribution in [3.63, 3.8) is 0 Å². The average molecular weight is 323 g/mol. The molecule has 1 heterocycles. The summed E-state index contributed by atoms with van der Waals surface area (Å²) in [4.78, 5) is 24.1. The molecule has 5 heteroatoms. The molecule has 0 aliphatic heterocycles. The topological polar surface area (TPSA) is 68.5 Å². The Balaban J connectivity index is 2.13. The van der Waals surface area contributed by atoms with Crippen LogP contribution in [0.3, 0.4) is 0 Å². The summed E-state index contributed by atoms with van der Waals surface area (Å²) in [6, 6.07) is 12.6. The van der Waals surface area contributed by atoms with Crippen LogP contribution in [0.15, 0.2) is 83.6 Å². The summed E-state index contributed by atoms with van der Waals surface area (Å²) in [5, 5.41) is 2.48. The number of nitrogens with one attached hydrogen (secondary N) is 1. The zero-order valence-electron chi connectivity index (χ0n) is 13.0. The maximum absolute atomic E-state index is 12.0. The van der Waals surface area contributed by atoms with E-state index in [1.54, 1.807) is 18.2 Å². The molecule has 0 spiro atoms. The second-order valence-electron chi connectivity index (χ2n) is 4.67. The van der Waals surface area contributed by atoms with Crippen molar-refractivity contribution in [1.82, 2.24) is 5.32 Å². The minimum Gasteiger partial charge on any atom is -0.459 e. The van der Waals surface area contributed by atoms with Crippen molar-refractivity contribution in [2.24, 2.45) is 0 Å². The largest absolute Gasteiger partial charge is 0.459 e. The van der Waals surface area contributed by atoms with E-state index < -0.39 is 11.9 Å². The van der Waals surface area contributed by atoms with Crippen molar-refractivity contribution >= 4 is 18.0 Å². The summed E-state index contributed by atoms with van der Waals surface area (Å²) in [6.07, 6.45) is 7.76. The third-order valence-electron chi connectivity index (χ3n) is 2.90. The monoisotopic (exact) mass is 323 g/mol. The summed E-state index contributed by atoms with van der Waals surface area (Å²) in [5.41, 5.74) is 0.968. The third-order valence-corrected chi connectivity index (χ3v) is 2.90. The summed E-state index contributed by atoms with van der Waals surface area (Å²) in [7, 11) is 0. The number of esters is 1. The molecule has 0 bridgehead atoms. The maximum atomic E-state index is 12.0. The van der Waals surface area contributed by atoms with Crippen LogP contribution >= 0.6 is 0 Å². The quantitative estimate of drug-likeness (QED) is 0.367. The molecule has 1 N–H and O–H groups in total. The number of amides is 1. The van der Waals surface area contributed by atoms with E-state index in [0.717, 1.165) is 5.56 Å². The first kappa shape index (κ1) is 17.0. The van der Waals surface area contributed by atoms with E-state index in [9.17, 15) is 9.59 Å². The molecule has 0 aliphatic carbocycles. The molecule has 0 saturated heterocycles. The highest BCUT2D eigenvalue weighted by Crippen LogP contribution is 2.05. The lowest BCUT2D eigenvalue weighted by molar-refractivity contribution is -0.138. The minimum absolute atomic E-state index is 0.00503. The Bertz CT molecular complexity index is 743. The molecule has 0 atom stereocenters. The lowest BCUT2D eigenvalue weighted by Crippen LogP contribution is -2.28. The van der Waals surface area contributed by atoms with Crippen LogP contribution in [0.2, 0.25) is 0 Å². The second kappa shape index (κ2) is 8.95. The van der Waals surface area contributed by atoms with Gasteiger partial charge in [-0.1, -0.05) is 55.1 Å². The third kappa shape index (κ3) is 5.14. The van der Waals surface area contributed by atoms with E-state index in [1.807, 2.05) is 30.3 Å². The molecular weight excluding hydrogens is 306 g/mol. The Hall–Kier alpha value is -3.34. The van der Waals surface area contributed by atoms with Gasteiger partial charge in [-0.05, 0) is 23.8 Å². The van der Waals surface area contributed by atoms with E-state index in [2.05, 4.69) is 11.9 Å². The Morgan fingerprint density at radius 1 is 1.17 bits per heavy atom. The smallest absolute Gasteiger partial charge is 0.355 e. The van der Waals surface area contributed by atoms with Crippen LogP contribution in [-0.4, -0.2) is 18.5 Å². The van der Waals surface area contributed by atoms with Gasteiger partial charge < -0.3 is 14.5 Å². The molecule has 2 aromatic rings. The fraction of sp³-hybridized carbons (Fsp3) is 0.0526. The van der Waals surface area contributed by atoms with Gasteiger partial charge in [-0.25, -0.2) is 4.79 Å². The summed E-state index contributed by atoms with van der Waals surface area (Å²) < 4.78 is 9.98. The first-order chi connectivity index (χ1) is 11.7. The number of ether oxygens (including phenoxy) is 1. The standard InChI is InChI=1S/C19H17NO4/c1-2-13-24-19(22)16(20-18(21)17-12-7-14-23-17)11-6-10-15-8-4-3-5-9-15/h2-12,14H,1,13H2,(H,20,21). The van der Waals surface area contributed by atoms with Crippen molar-refractivity contribution in [3.8, 4) is 0 Å². The molecule has 0 saturated carbocycles. The lowest BCUT2D eigenvalue weighted by atomic mass is 10.2. The molecule has 2 rings (SSSR count). The molecular formula is C19H17NO4. The number of carbonyl (C=O) groups is 2. The molecule has 1 aromatic carbocycles. The van der Waals surface area contributed by atoms with Crippen LogP contribution in [0.4, 0.5) is 0 Å². The summed E-state index contributed by atoms with van der Waals surface area (Å²) >= 11 is 0. The number of allylic oxidation sites excluding steroid dienone is 2. The van der Waals surface area contributed by atoms with Crippen molar-refractivity contribution in [1.29, 1.82) is 0 Å². The zero-order valence-corrected chi connectivity index (χ0v) is 13.0. The van der Waals surface area contributed by atoms with Gasteiger partial charge in [-0.3, -0.25) is 4.79 Å². The van der Waals surface area contributed by atoms with Crippen LogP contribution in [0.25, 0.3) is 6.08 Å². The molecule has 24 heavy (non-hydrogen) atoms. The number of furan rings is 1. The first-order valence-corrected chi connectivity index (χ1v) is 7.27. The maximum Gasteiger partial charge on any atom is 0.355 e. The Morgan fingerprint density at radius 3 is 2.62 bits per heavy atom. The number of carbonyl (C=O) groups excluding carboxylic acids is 2. The molecule has 5 nitrogen and oxygen atoms in total. The van der Waals surface area contributed by atoms with E-state index >= 15 is 0 Å². The van der Waals surface area contributed by atoms with Crippen LogP contribution < -0.4 is 5.32 Å². The predicted molar refractivity (Wildman–Crippen MR) is 90.9 cm³/mol. The SMILES string of the molecule is C=CCOC(=O)C(=CC=Cc1ccccc1)NC(=O)c1ccco1. The number of rotatable bonds is 7. The highest BCUT2D eigenvalue weighted by atomic mass is 16.5. The Kier molecular flexibility index (Phi) is 6.35. The molecule has 0 aliphatic rings. The van der Waals surface area contributed by atoms with Crippen molar-refractivity contribution in [3.05, 3.63) is 90.6 Å². The van der Waals surface area contributed by atoms with E-state index in [0.29, 0.717) is 0 Å². The molecule has 0 unspecified atom stereocenters. The number of benzene rings is 1. The van der Waals surface area contributed by atoms with Crippen LogP contribution in [0, 0.1) is 0 Å². The lowest BCUT2D eigenvalue weighted by Gasteiger charge is -2.07. The van der Waals surface area contributed by atoms with Gasteiger partial charge in [-0.2, -0.15) is 0 Å². The van der Waals surface area contributed by atoms with Crippen molar-refractivity contribution in [2.75, 3.05) is 6.61 Å². The molecule has 1 amide bonds. The fourth-order valence-corrected chi connectivity index (χ4v) is 1.78. The van der Waals surface area contributed by atoms with Crippen LogP contribution in [0.5, 0.6) is 0 Å². The minimum atomic E-state index is -0.660. The molecule has 0 radical (unpaired) electrons. The van der Waals surface area contributed by atoms with Gasteiger partial charge in [0.2, 0.25) is 0 Å². The normalized spacial score (nSPS) is 11.2. The summed E-state index contributed by atoms with van der Waals surface area (Å²) in [6.45, 7) is 3.53. The second-order valence-corrected chi connectivity index (χ2v) is 4.67. The van der Waals surface area contributed by atoms with Crippen molar-refractivity contribution in [2.45, 2.75) is 0 Å². The van der Waals surface area contributed by atoms with E-state index in [-0.39, 0.29) is 18.1 Å². The van der Waals surface area contributed by atoms with Gasteiger partial charge in [0.15, 0.2) is 5.76 Å². The molecule has 0 fully saturated rings. The van der Waals surface area contributed by atoms with Gasteiger partial charge in [-0.15, -0.1) is 0 Å².